The molecule has 0 radical (unpaired) electrons. The van der Waals surface area contributed by atoms with E-state index in [1.54, 1.807) is 31.4 Å². The van der Waals surface area contributed by atoms with Crippen LogP contribution in [0.25, 0.3) is 10.9 Å². The van der Waals surface area contributed by atoms with E-state index in [1.807, 2.05) is 54.7 Å². The maximum absolute atomic E-state index is 13.4. The van der Waals surface area contributed by atoms with Crippen LogP contribution in [0.15, 0.2) is 79.0 Å². The van der Waals surface area contributed by atoms with Gasteiger partial charge in [-0.1, -0.05) is 42.5 Å². The van der Waals surface area contributed by atoms with Gasteiger partial charge in [0.15, 0.2) is 0 Å². The van der Waals surface area contributed by atoms with Crippen LogP contribution in [-0.4, -0.2) is 29.3 Å². The Bertz CT molecular complexity index is 1320. The van der Waals surface area contributed by atoms with E-state index >= 15 is 0 Å². The van der Waals surface area contributed by atoms with E-state index in [2.05, 4.69) is 16.4 Å². The third kappa shape index (κ3) is 4.92. The maximum Gasteiger partial charge on any atom is 0.247 e. The molecular weight excluding hydrogens is 428 g/mol. The van der Waals surface area contributed by atoms with Crippen LogP contribution in [0.2, 0.25) is 0 Å². The third-order valence-electron chi connectivity index (χ3n) is 5.72. The van der Waals surface area contributed by atoms with Crippen LogP contribution in [0.3, 0.4) is 0 Å². The predicted octanol–water partition coefficient (Wildman–Crippen LogP) is 4.06. The van der Waals surface area contributed by atoms with Gasteiger partial charge >= 0.3 is 0 Å². The van der Waals surface area contributed by atoms with E-state index < -0.39 is 6.04 Å². The van der Waals surface area contributed by atoms with Crippen LogP contribution in [0.4, 0.5) is 0 Å². The van der Waals surface area contributed by atoms with Crippen molar-refractivity contribution < 1.29 is 14.3 Å². The molecule has 2 N–H and O–H groups in total. The summed E-state index contributed by atoms with van der Waals surface area (Å²) in [7, 11) is 1.59. The number of nitrogens with one attached hydrogen (secondary N) is 2. The van der Waals surface area contributed by atoms with E-state index in [-0.39, 0.29) is 12.5 Å². The summed E-state index contributed by atoms with van der Waals surface area (Å²) in [6.45, 7) is 0.545. The molecule has 7 nitrogen and oxygen atoms in total. The number of hydrogen-bond acceptors (Lipinski definition) is 4. The van der Waals surface area contributed by atoms with Crippen LogP contribution in [0, 0.1) is 11.3 Å². The van der Waals surface area contributed by atoms with Crippen LogP contribution >= 0.6 is 0 Å². The lowest BCUT2D eigenvalue weighted by Crippen LogP contribution is -2.39. The summed E-state index contributed by atoms with van der Waals surface area (Å²) in [5.41, 5.74) is 3.90. The highest BCUT2D eigenvalue weighted by Crippen LogP contribution is 2.24. The first-order chi connectivity index (χ1) is 16.6. The first-order valence-corrected chi connectivity index (χ1v) is 10.8. The minimum Gasteiger partial charge on any atom is -0.497 e. The van der Waals surface area contributed by atoms with Gasteiger partial charge in [-0.3, -0.25) is 9.59 Å². The van der Waals surface area contributed by atoms with Gasteiger partial charge in [-0.15, -0.1) is 0 Å². The minimum atomic E-state index is -0.863. The molecule has 2 amide bonds. The number of amides is 2. The average molecular weight is 453 g/mol. The molecule has 34 heavy (non-hydrogen) atoms. The fraction of sp³-hybridized carbons (Fsp3) is 0.148. The summed E-state index contributed by atoms with van der Waals surface area (Å²) in [6, 6.07) is 23.1. The number of benzene rings is 3. The monoisotopic (exact) mass is 452 g/mol. The van der Waals surface area contributed by atoms with Gasteiger partial charge in [0.2, 0.25) is 12.3 Å². The number of para-hydroxylation sites is 1. The molecule has 1 heterocycles. The summed E-state index contributed by atoms with van der Waals surface area (Å²) >= 11 is 0. The highest BCUT2D eigenvalue weighted by atomic mass is 16.5. The molecule has 1 unspecified atom stereocenters. The first kappa shape index (κ1) is 22.6. The van der Waals surface area contributed by atoms with Gasteiger partial charge in [-0.25, -0.2) is 0 Å². The summed E-state index contributed by atoms with van der Waals surface area (Å²) in [5.74, 6) is 0.400. The molecule has 0 aliphatic heterocycles. The number of carbonyl (C=O) groups is 2. The Hall–Kier alpha value is -4.57. The van der Waals surface area contributed by atoms with Crippen molar-refractivity contribution in [2.75, 3.05) is 7.11 Å². The minimum absolute atomic E-state index is 0.235. The number of nitrogens with zero attached hydrogens (tertiary/aromatic N) is 2. The fourth-order valence-electron chi connectivity index (χ4n) is 3.92. The second kappa shape index (κ2) is 10.4. The SMILES string of the molecule is COc1ccc(CN(C=O)C(C(=O)NCc2c[nH]c3ccccc23)c2ccc(C#N)cc2)cc1. The van der Waals surface area contributed by atoms with Gasteiger partial charge in [0, 0.05) is 30.2 Å². The molecule has 4 aromatic rings. The quantitative estimate of drug-likeness (QED) is 0.374. The van der Waals surface area contributed by atoms with Crippen LogP contribution in [-0.2, 0) is 22.7 Å². The molecule has 0 saturated carbocycles. The molecular formula is C27H24N4O3. The smallest absolute Gasteiger partial charge is 0.247 e. The number of aromatic nitrogens is 1. The molecule has 1 atom stereocenters. The van der Waals surface area contributed by atoms with Crippen molar-refractivity contribution in [2.24, 2.45) is 0 Å². The van der Waals surface area contributed by atoms with E-state index in [1.165, 1.54) is 4.90 Å². The first-order valence-electron chi connectivity index (χ1n) is 10.8. The predicted molar refractivity (Wildman–Crippen MR) is 129 cm³/mol. The highest BCUT2D eigenvalue weighted by molar-refractivity contribution is 5.87. The molecule has 0 spiro atoms. The van der Waals surface area contributed by atoms with Crippen molar-refractivity contribution in [3.8, 4) is 11.8 Å². The van der Waals surface area contributed by atoms with Gasteiger partial charge in [-0.2, -0.15) is 5.26 Å². The molecule has 0 fully saturated rings. The zero-order valence-corrected chi connectivity index (χ0v) is 18.7. The summed E-state index contributed by atoms with van der Waals surface area (Å²) in [4.78, 5) is 30.2. The zero-order valence-electron chi connectivity index (χ0n) is 18.7. The van der Waals surface area contributed by atoms with E-state index in [0.717, 1.165) is 22.0 Å². The number of aromatic amines is 1. The summed E-state index contributed by atoms with van der Waals surface area (Å²) in [5, 5.41) is 13.1. The molecule has 0 aliphatic rings. The normalized spacial score (nSPS) is 11.4. The maximum atomic E-state index is 13.4. The second-order valence-electron chi connectivity index (χ2n) is 7.84. The number of hydrogen-bond donors (Lipinski definition) is 2. The Balaban J connectivity index is 1.59. The molecule has 170 valence electrons. The number of ether oxygens (including phenoxy) is 1. The Labute approximate surface area is 197 Å². The lowest BCUT2D eigenvalue weighted by Gasteiger charge is -2.28. The summed E-state index contributed by atoms with van der Waals surface area (Å²) in [6.07, 6.45) is 2.55. The molecule has 7 heteroatoms. The van der Waals surface area contributed by atoms with Gasteiger partial charge in [-0.05, 0) is 47.0 Å². The van der Waals surface area contributed by atoms with Gasteiger partial charge in [0.05, 0.1) is 18.7 Å². The number of H-pyrrole nitrogens is 1. The van der Waals surface area contributed by atoms with Crippen LogP contribution in [0.5, 0.6) is 5.75 Å². The second-order valence-corrected chi connectivity index (χ2v) is 7.84. The summed E-state index contributed by atoms with van der Waals surface area (Å²) < 4.78 is 5.20. The topological polar surface area (TPSA) is 98.2 Å². The van der Waals surface area contributed by atoms with Crippen molar-refractivity contribution >= 4 is 23.2 Å². The lowest BCUT2D eigenvalue weighted by atomic mass is 10.0. The van der Waals surface area contributed by atoms with E-state index in [9.17, 15) is 9.59 Å². The molecule has 3 aromatic carbocycles. The lowest BCUT2D eigenvalue weighted by molar-refractivity contribution is -0.133. The molecule has 0 saturated heterocycles. The Morgan fingerprint density at radius 3 is 2.53 bits per heavy atom. The fourth-order valence-corrected chi connectivity index (χ4v) is 3.92. The standard InChI is InChI=1S/C27H24N4O3/c1-34-23-12-8-20(9-13-23)17-31(18-32)26(21-10-6-19(14-28)7-11-21)27(33)30-16-22-15-29-25-5-3-2-4-24(22)25/h2-13,15,18,26,29H,16-17H2,1H3,(H,30,33). The average Bonchev–Trinajstić information content (AvgIpc) is 3.31. The molecule has 4 rings (SSSR count). The number of methoxy groups -OCH3 is 1. The number of nitriles is 1. The van der Waals surface area contributed by atoms with Crippen molar-refractivity contribution in [3.63, 3.8) is 0 Å². The van der Waals surface area contributed by atoms with E-state index in [0.29, 0.717) is 29.8 Å². The van der Waals surface area contributed by atoms with Crippen molar-refractivity contribution in [1.29, 1.82) is 5.26 Å². The van der Waals surface area contributed by atoms with Gasteiger partial charge < -0.3 is 19.9 Å². The number of fused-ring (bicyclic) bond motifs is 1. The van der Waals surface area contributed by atoms with E-state index in [4.69, 9.17) is 10.00 Å². The molecule has 0 aliphatic carbocycles. The Morgan fingerprint density at radius 2 is 1.85 bits per heavy atom. The van der Waals surface area contributed by atoms with Crippen molar-refractivity contribution in [1.82, 2.24) is 15.2 Å². The van der Waals surface area contributed by atoms with Crippen LogP contribution in [0.1, 0.15) is 28.3 Å². The molecule has 0 bridgehead atoms. The third-order valence-corrected chi connectivity index (χ3v) is 5.72. The zero-order chi connectivity index (χ0) is 23.9. The highest BCUT2D eigenvalue weighted by Gasteiger charge is 2.27. The number of carbonyl (C=O) groups excluding carboxylic acids is 2. The molecule has 1 aromatic heterocycles. The van der Waals surface area contributed by atoms with Gasteiger partial charge in [0.1, 0.15) is 11.8 Å². The largest absolute Gasteiger partial charge is 0.497 e. The van der Waals surface area contributed by atoms with Gasteiger partial charge in [0.25, 0.3) is 0 Å². The number of rotatable bonds is 9. The Kier molecular flexibility index (Phi) is 6.89. The van der Waals surface area contributed by atoms with Crippen molar-refractivity contribution in [2.45, 2.75) is 19.1 Å². The van der Waals surface area contributed by atoms with Crippen LogP contribution < -0.4 is 10.1 Å². The van der Waals surface area contributed by atoms with Crippen molar-refractivity contribution in [3.05, 3.63) is 101 Å². The Morgan fingerprint density at radius 1 is 1.12 bits per heavy atom.